The molecule has 0 atom stereocenters. The van der Waals surface area contributed by atoms with Crippen LogP contribution in [-0.2, 0) is 11.2 Å². The fourth-order valence-corrected chi connectivity index (χ4v) is 4.47. The second kappa shape index (κ2) is 10.5. The lowest BCUT2D eigenvalue weighted by molar-refractivity contribution is -0.384. The zero-order chi connectivity index (χ0) is 24.9. The molecule has 2 heterocycles. The number of halogens is 2. The molecule has 2 aromatic heterocycles. The predicted molar refractivity (Wildman–Crippen MR) is 136 cm³/mol. The lowest BCUT2D eigenvalue weighted by Gasteiger charge is -2.07. The van der Waals surface area contributed by atoms with E-state index in [9.17, 15) is 20.2 Å². The number of nitriles is 1. The number of nitrogens with one attached hydrogen (secondary N) is 1. The number of nitro groups is 1. The van der Waals surface area contributed by atoms with Gasteiger partial charge in [-0.05, 0) is 54.1 Å². The van der Waals surface area contributed by atoms with Crippen molar-refractivity contribution in [3.05, 3.63) is 109 Å². The normalized spacial score (nSPS) is 11.2. The highest BCUT2D eigenvalue weighted by Gasteiger charge is 2.14. The van der Waals surface area contributed by atoms with Crippen molar-refractivity contribution in [2.75, 3.05) is 5.32 Å². The van der Waals surface area contributed by atoms with Gasteiger partial charge >= 0.3 is 0 Å². The highest BCUT2D eigenvalue weighted by atomic mass is 35.5. The highest BCUT2D eigenvalue weighted by Crippen LogP contribution is 2.27. The molecular weight excluding hydrogens is 509 g/mol. The summed E-state index contributed by atoms with van der Waals surface area (Å²) in [5, 5.41) is 24.6. The van der Waals surface area contributed by atoms with Crippen molar-refractivity contribution >= 4 is 57.3 Å². The largest absolute Gasteiger partial charge is 0.317 e. The third kappa shape index (κ3) is 5.75. The Bertz CT molecular complexity index is 1490. The van der Waals surface area contributed by atoms with E-state index in [4.69, 9.17) is 23.2 Å². The van der Waals surface area contributed by atoms with E-state index in [-0.39, 0.29) is 11.3 Å². The standard InChI is InChI=1S/C24H15Cl2N5O3S/c25-17-3-8-22(26)15(10-17)12-21-14-28-24(35-21)29-23(32)16(13-27)11-20-2-1-9-30(20)18-4-6-19(7-5-18)31(33)34/h1-11,14H,12H2,(H,28,29,32). The molecule has 0 unspecified atom stereocenters. The first-order valence-electron chi connectivity index (χ1n) is 10.1. The molecule has 0 radical (unpaired) electrons. The van der Waals surface area contributed by atoms with E-state index in [0.29, 0.717) is 33.0 Å². The van der Waals surface area contributed by atoms with Crippen LogP contribution in [0, 0.1) is 21.4 Å². The van der Waals surface area contributed by atoms with E-state index >= 15 is 0 Å². The number of thiazole rings is 1. The van der Waals surface area contributed by atoms with Gasteiger partial charge in [0.15, 0.2) is 5.13 Å². The number of nitrogens with zero attached hydrogens (tertiary/aromatic N) is 4. The summed E-state index contributed by atoms with van der Waals surface area (Å²) in [5.74, 6) is -0.606. The number of carbonyl (C=O) groups is 1. The van der Waals surface area contributed by atoms with Gasteiger partial charge in [0.05, 0.1) is 4.92 Å². The maximum Gasteiger partial charge on any atom is 0.269 e. The molecule has 1 amide bonds. The SMILES string of the molecule is N#CC(=Cc1cccn1-c1ccc([N+](=O)[O-])cc1)C(=O)Nc1ncc(Cc2cc(Cl)ccc2Cl)s1. The molecule has 0 saturated heterocycles. The lowest BCUT2D eigenvalue weighted by Crippen LogP contribution is -2.13. The average molecular weight is 524 g/mol. The number of anilines is 1. The minimum absolute atomic E-state index is 0.0319. The molecule has 4 rings (SSSR count). The van der Waals surface area contributed by atoms with Crippen LogP contribution in [0.15, 0.2) is 72.6 Å². The molecule has 0 aliphatic carbocycles. The first kappa shape index (κ1) is 24.2. The van der Waals surface area contributed by atoms with Crippen molar-refractivity contribution in [3.8, 4) is 11.8 Å². The molecule has 0 fully saturated rings. The van der Waals surface area contributed by atoms with Crippen LogP contribution >= 0.6 is 34.5 Å². The van der Waals surface area contributed by atoms with Gasteiger partial charge in [0.25, 0.3) is 11.6 Å². The van der Waals surface area contributed by atoms with E-state index in [1.165, 1.54) is 29.5 Å². The van der Waals surface area contributed by atoms with Gasteiger partial charge in [-0.15, -0.1) is 11.3 Å². The summed E-state index contributed by atoms with van der Waals surface area (Å²) >= 11 is 13.5. The maximum atomic E-state index is 12.7. The topological polar surface area (TPSA) is 114 Å². The van der Waals surface area contributed by atoms with Crippen LogP contribution in [-0.4, -0.2) is 20.4 Å². The van der Waals surface area contributed by atoms with E-state index in [1.54, 1.807) is 59.4 Å². The van der Waals surface area contributed by atoms with Crippen molar-refractivity contribution < 1.29 is 9.72 Å². The van der Waals surface area contributed by atoms with Crippen LogP contribution in [0.2, 0.25) is 10.0 Å². The van der Waals surface area contributed by atoms with Crippen LogP contribution in [0.4, 0.5) is 10.8 Å². The number of nitro benzene ring substituents is 1. The number of rotatable bonds is 7. The highest BCUT2D eigenvalue weighted by molar-refractivity contribution is 7.15. The Kier molecular flexibility index (Phi) is 7.27. The first-order valence-corrected chi connectivity index (χ1v) is 11.7. The maximum absolute atomic E-state index is 12.7. The molecule has 0 saturated carbocycles. The molecule has 8 nitrogen and oxygen atoms in total. The molecule has 35 heavy (non-hydrogen) atoms. The van der Waals surface area contributed by atoms with Gasteiger partial charge in [0.2, 0.25) is 0 Å². The fourth-order valence-electron chi connectivity index (χ4n) is 3.26. The summed E-state index contributed by atoms with van der Waals surface area (Å²) in [6, 6.07) is 16.5. The number of amides is 1. The Labute approximate surface area is 213 Å². The van der Waals surface area contributed by atoms with Crippen molar-refractivity contribution in [1.82, 2.24) is 9.55 Å². The molecule has 2 aromatic carbocycles. The van der Waals surface area contributed by atoms with Crippen molar-refractivity contribution in [2.45, 2.75) is 6.42 Å². The van der Waals surface area contributed by atoms with Gasteiger partial charge in [-0.2, -0.15) is 5.26 Å². The Morgan fingerprint density at radius 2 is 2.00 bits per heavy atom. The predicted octanol–water partition coefficient (Wildman–Crippen LogP) is 6.29. The number of benzene rings is 2. The molecular formula is C24H15Cl2N5O3S. The minimum Gasteiger partial charge on any atom is -0.317 e. The molecule has 0 aliphatic rings. The molecule has 11 heteroatoms. The molecule has 0 bridgehead atoms. The fraction of sp³-hybridized carbons (Fsp3) is 0.0417. The van der Waals surface area contributed by atoms with Gasteiger partial charge in [-0.3, -0.25) is 20.2 Å². The third-order valence-corrected chi connectivity index (χ3v) is 6.44. The second-order valence-corrected chi connectivity index (χ2v) is 9.20. The zero-order valence-electron chi connectivity index (χ0n) is 17.8. The van der Waals surface area contributed by atoms with Crippen molar-refractivity contribution in [1.29, 1.82) is 5.26 Å². The molecule has 0 spiro atoms. The van der Waals surface area contributed by atoms with E-state index in [0.717, 1.165) is 10.4 Å². The number of hydrogen-bond acceptors (Lipinski definition) is 6. The van der Waals surface area contributed by atoms with E-state index < -0.39 is 10.8 Å². The molecule has 174 valence electrons. The van der Waals surface area contributed by atoms with Gasteiger partial charge in [-0.25, -0.2) is 4.98 Å². The smallest absolute Gasteiger partial charge is 0.269 e. The van der Waals surface area contributed by atoms with E-state index in [1.807, 2.05) is 6.07 Å². The third-order valence-electron chi connectivity index (χ3n) is 4.92. The number of hydrogen-bond donors (Lipinski definition) is 1. The number of non-ortho nitro benzene ring substituents is 1. The first-order chi connectivity index (χ1) is 16.8. The van der Waals surface area contributed by atoms with Gasteiger partial charge in [0, 0.05) is 57.3 Å². The number of carbonyl (C=O) groups excluding carboxylic acids is 1. The van der Waals surface area contributed by atoms with Gasteiger partial charge in [-0.1, -0.05) is 23.2 Å². The van der Waals surface area contributed by atoms with Crippen LogP contribution in [0.5, 0.6) is 0 Å². The van der Waals surface area contributed by atoms with Gasteiger partial charge < -0.3 is 4.57 Å². The Morgan fingerprint density at radius 3 is 2.71 bits per heavy atom. The van der Waals surface area contributed by atoms with Crippen LogP contribution in [0.1, 0.15) is 16.1 Å². The lowest BCUT2D eigenvalue weighted by atomic mass is 10.1. The molecule has 0 aliphatic heterocycles. The molecule has 1 N–H and O–H groups in total. The zero-order valence-corrected chi connectivity index (χ0v) is 20.1. The minimum atomic E-state index is -0.606. The Balaban J connectivity index is 1.50. The summed E-state index contributed by atoms with van der Waals surface area (Å²) in [7, 11) is 0. The summed E-state index contributed by atoms with van der Waals surface area (Å²) in [4.78, 5) is 28.2. The van der Waals surface area contributed by atoms with Crippen LogP contribution in [0.3, 0.4) is 0 Å². The quantitative estimate of drug-likeness (QED) is 0.132. The second-order valence-electron chi connectivity index (χ2n) is 7.24. The summed E-state index contributed by atoms with van der Waals surface area (Å²) < 4.78 is 1.71. The van der Waals surface area contributed by atoms with Crippen LogP contribution < -0.4 is 5.32 Å². The van der Waals surface area contributed by atoms with Crippen LogP contribution in [0.25, 0.3) is 11.8 Å². The Morgan fingerprint density at radius 1 is 1.23 bits per heavy atom. The summed E-state index contributed by atoms with van der Waals surface area (Å²) in [5.41, 5.74) is 1.89. The van der Waals surface area contributed by atoms with Gasteiger partial charge in [0.1, 0.15) is 11.6 Å². The molecule has 4 aromatic rings. The van der Waals surface area contributed by atoms with Crippen molar-refractivity contribution in [2.24, 2.45) is 0 Å². The summed E-state index contributed by atoms with van der Waals surface area (Å²) in [6.07, 6.45) is 5.30. The average Bonchev–Trinajstić information content (AvgIpc) is 3.49. The van der Waals surface area contributed by atoms with Crippen molar-refractivity contribution in [3.63, 3.8) is 0 Å². The summed E-state index contributed by atoms with van der Waals surface area (Å²) in [6.45, 7) is 0. The van der Waals surface area contributed by atoms with E-state index in [2.05, 4.69) is 10.3 Å². The monoisotopic (exact) mass is 523 g/mol. The number of aromatic nitrogens is 2. The Hall–Kier alpha value is -3.97.